The molecular formula is C41H62N6O9S. The lowest BCUT2D eigenvalue weighted by Gasteiger charge is -2.29. The van der Waals surface area contributed by atoms with Gasteiger partial charge in [0.1, 0.15) is 29.5 Å². The van der Waals surface area contributed by atoms with Gasteiger partial charge in [-0.25, -0.2) is 4.79 Å². The molecule has 57 heavy (non-hydrogen) atoms. The Morgan fingerprint density at radius 3 is 1.82 bits per heavy atom. The molecule has 0 bridgehead atoms. The number of benzene rings is 2. The van der Waals surface area contributed by atoms with E-state index in [9.17, 15) is 39.0 Å². The molecule has 6 atom stereocenters. The Labute approximate surface area is 340 Å². The van der Waals surface area contributed by atoms with Crippen LogP contribution in [0.15, 0.2) is 54.6 Å². The Kier molecular flexibility index (Phi) is 19.0. The van der Waals surface area contributed by atoms with Crippen LogP contribution in [-0.4, -0.2) is 105 Å². The molecule has 0 heterocycles. The summed E-state index contributed by atoms with van der Waals surface area (Å²) >= 11 is 1.43. The van der Waals surface area contributed by atoms with Gasteiger partial charge in [-0.05, 0) is 69.7 Å². The van der Waals surface area contributed by atoms with Crippen molar-refractivity contribution in [2.45, 2.75) is 128 Å². The van der Waals surface area contributed by atoms with Crippen LogP contribution in [0.1, 0.15) is 79.9 Å². The van der Waals surface area contributed by atoms with Gasteiger partial charge in [0.05, 0.1) is 18.7 Å². The summed E-state index contributed by atoms with van der Waals surface area (Å²) < 4.78 is 5.12. The first-order valence-electron chi connectivity index (χ1n) is 19.0. The normalized spacial score (nSPS) is 14.9. The van der Waals surface area contributed by atoms with Crippen LogP contribution in [0.4, 0.5) is 0 Å². The summed E-state index contributed by atoms with van der Waals surface area (Å²) in [6.45, 7) is 15.3. The number of carbonyl (C=O) groups is 6. The smallest absolute Gasteiger partial charge is 0.331 e. The summed E-state index contributed by atoms with van der Waals surface area (Å²) in [7, 11) is 0. The minimum Gasteiger partial charge on any atom is -0.508 e. The van der Waals surface area contributed by atoms with Crippen molar-refractivity contribution in [2.24, 2.45) is 11.7 Å². The molecule has 316 valence electrons. The lowest BCUT2D eigenvalue weighted by atomic mass is 10.0. The van der Waals surface area contributed by atoms with E-state index in [-0.39, 0.29) is 41.4 Å². The Bertz CT molecular complexity index is 1640. The van der Waals surface area contributed by atoms with Crippen LogP contribution in [0, 0.1) is 5.92 Å². The largest absolute Gasteiger partial charge is 0.508 e. The predicted octanol–water partition coefficient (Wildman–Crippen LogP) is 1.86. The first-order chi connectivity index (χ1) is 26.4. The number of thioether (sulfide) groups is 1. The molecule has 0 aliphatic heterocycles. The van der Waals surface area contributed by atoms with Gasteiger partial charge in [-0.1, -0.05) is 77.1 Å². The minimum atomic E-state index is -1.41. The highest BCUT2D eigenvalue weighted by Gasteiger charge is 2.35. The highest BCUT2D eigenvalue weighted by molar-refractivity contribution is 8.00. The lowest BCUT2D eigenvalue weighted by Crippen LogP contribution is -2.59. The Balaban J connectivity index is 2.22. The van der Waals surface area contributed by atoms with E-state index in [2.05, 4.69) is 26.6 Å². The van der Waals surface area contributed by atoms with E-state index in [1.54, 1.807) is 63.2 Å². The van der Waals surface area contributed by atoms with Crippen LogP contribution >= 0.6 is 11.8 Å². The summed E-state index contributed by atoms with van der Waals surface area (Å²) in [5.74, 6) is -4.02. The number of ether oxygens (including phenoxy) is 1. The highest BCUT2D eigenvalue weighted by Crippen LogP contribution is 2.24. The molecule has 0 saturated heterocycles. The fraction of sp³-hybridized carbons (Fsp3) is 0.561. The number of nitrogens with two attached hydrogens (primary N) is 1. The number of rotatable bonds is 20. The first kappa shape index (κ1) is 48.5. The number of phenolic OH excluding ortho intramolecular Hbond substituents is 1. The zero-order valence-electron chi connectivity index (χ0n) is 34.5. The van der Waals surface area contributed by atoms with Crippen LogP contribution in [0.3, 0.4) is 0 Å². The first-order valence-corrected chi connectivity index (χ1v) is 20.0. The fourth-order valence-electron chi connectivity index (χ4n) is 5.34. The molecule has 5 amide bonds. The van der Waals surface area contributed by atoms with Crippen molar-refractivity contribution in [2.75, 3.05) is 12.3 Å². The molecule has 15 nitrogen and oxygen atoms in total. The van der Waals surface area contributed by atoms with Gasteiger partial charge in [-0.2, -0.15) is 11.8 Å². The van der Waals surface area contributed by atoms with Gasteiger partial charge in [0.15, 0.2) is 6.04 Å². The predicted molar refractivity (Wildman–Crippen MR) is 220 cm³/mol. The molecule has 0 fully saturated rings. The SMILES string of the molecule is CC(C)C[C@H](NC(=O)[C@H](Cc1ccccc1)NC(=O)CNC(=O)[C@@H](CSC(C)(C)C)NC(=O)[C@@H](N)Cc1ccc(O)cc1)C(=O)N[C@H](C(=O)OC(C)(C)C)C(C)O. The number of amides is 5. The van der Waals surface area contributed by atoms with Gasteiger partial charge in [-0.15, -0.1) is 0 Å². The Morgan fingerprint density at radius 2 is 1.28 bits per heavy atom. The van der Waals surface area contributed by atoms with Crippen molar-refractivity contribution < 1.29 is 43.7 Å². The number of hydrogen-bond donors (Lipinski definition) is 8. The summed E-state index contributed by atoms with van der Waals surface area (Å²) in [6, 6.07) is 9.34. The van der Waals surface area contributed by atoms with E-state index in [0.29, 0.717) is 11.1 Å². The summed E-state index contributed by atoms with van der Waals surface area (Å²) in [4.78, 5) is 80.2. The van der Waals surface area contributed by atoms with Crippen molar-refractivity contribution in [1.29, 1.82) is 0 Å². The van der Waals surface area contributed by atoms with Crippen molar-refractivity contribution in [3.63, 3.8) is 0 Å². The average molecular weight is 815 g/mol. The van der Waals surface area contributed by atoms with Crippen LogP contribution < -0.4 is 32.3 Å². The van der Waals surface area contributed by atoms with Gasteiger partial charge in [0.25, 0.3) is 0 Å². The number of nitrogens with one attached hydrogen (secondary N) is 5. The second-order valence-corrected chi connectivity index (χ2v) is 18.3. The van der Waals surface area contributed by atoms with Crippen LogP contribution in [0.2, 0.25) is 0 Å². The molecule has 0 radical (unpaired) electrons. The zero-order chi connectivity index (χ0) is 43.1. The van der Waals surface area contributed by atoms with Crippen molar-refractivity contribution in [3.8, 4) is 5.75 Å². The lowest BCUT2D eigenvalue weighted by molar-refractivity contribution is -0.161. The Hall–Kier alpha value is -4.67. The molecule has 0 aliphatic rings. The molecule has 2 aromatic rings. The van der Waals surface area contributed by atoms with Crippen molar-refractivity contribution in [1.82, 2.24) is 26.6 Å². The van der Waals surface area contributed by atoms with Gasteiger partial charge in [-0.3, -0.25) is 24.0 Å². The highest BCUT2D eigenvalue weighted by atomic mass is 32.2. The molecule has 0 spiro atoms. The monoisotopic (exact) mass is 814 g/mol. The molecular weight excluding hydrogens is 753 g/mol. The second kappa shape index (κ2) is 22.3. The molecule has 1 unspecified atom stereocenters. The van der Waals surface area contributed by atoms with Crippen LogP contribution in [-0.2, 0) is 46.3 Å². The van der Waals surface area contributed by atoms with Gasteiger partial charge < -0.3 is 47.3 Å². The number of hydrogen-bond acceptors (Lipinski definition) is 11. The van der Waals surface area contributed by atoms with Crippen molar-refractivity contribution in [3.05, 3.63) is 65.7 Å². The number of esters is 1. The topological polar surface area (TPSA) is 238 Å². The van der Waals surface area contributed by atoms with Gasteiger partial charge in [0.2, 0.25) is 29.5 Å². The molecule has 16 heteroatoms. The molecule has 9 N–H and O–H groups in total. The van der Waals surface area contributed by atoms with Crippen LogP contribution in [0.5, 0.6) is 5.75 Å². The second-order valence-electron chi connectivity index (χ2n) is 16.4. The van der Waals surface area contributed by atoms with E-state index in [0.717, 1.165) is 0 Å². The van der Waals surface area contributed by atoms with Crippen LogP contribution in [0.25, 0.3) is 0 Å². The third-order valence-electron chi connectivity index (χ3n) is 8.18. The van der Waals surface area contributed by atoms with Gasteiger partial charge in [0, 0.05) is 16.9 Å². The third kappa shape index (κ3) is 18.9. The number of aliphatic hydroxyl groups excluding tert-OH is 1. The summed E-state index contributed by atoms with van der Waals surface area (Å²) in [5, 5.41) is 33.0. The average Bonchev–Trinajstić information content (AvgIpc) is 3.10. The number of aliphatic hydroxyl groups is 1. The summed E-state index contributed by atoms with van der Waals surface area (Å²) in [6.07, 6.45) is -0.943. The molecule has 2 rings (SSSR count). The number of aromatic hydroxyl groups is 1. The molecule has 0 saturated carbocycles. The van der Waals surface area contributed by atoms with E-state index in [1.807, 2.05) is 34.6 Å². The Morgan fingerprint density at radius 1 is 0.719 bits per heavy atom. The number of phenols is 1. The zero-order valence-corrected chi connectivity index (χ0v) is 35.3. The summed E-state index contributed by atoms with van der Waals surface area (Å²) in [5.41, 5.74) is 6.70. The van der Waals surface area contributed by atoms with E-state index < -0.39 is 84.0 Å². The third-order valence-corrected chi connectivity index (χ3v) is 9.55. The van der Waals surface area contributed by atoms with E-state index >= 15 is 0 Å². The number of carbonyl (C=O) groups excluding carboxylic acids is 6. The molecule has 0 aliphatic carbocycles. The quantitative estimate of drug-likeness (QED) is 0.0899. The standard InChI is InChI=1S/C41H62N6O9S/c1-24(2)19-30(38(54)47-34(25(3)48)39(55)56-40(4,5)6)45-37(53)31(21-26-13-11-10-12-14-26)44-33(50)22-43-36(52)32(23-57-41(7,8)9)46-35(51)29(42)20-27-15-17-28(49)18-16-27/h10-18,24-25,29-32,34,48-49H,19-23,42H2,1-9H3,(H,43,52)(H,44,50)(H,45,53)(H,46,51)(H,47,54)/t25?,29-,30-,31-,32+,34-/m0/s1. The maximum Gasteiger partial charge on any atom is 0.331 e. The fourth-order valence-corrected chi connectivity index (χ4v) is 6.24. The minimum absolute atomic E-state index is 0.0381. The maximum atomic E-state index is 13.9. The molecule has 2 aromatic carbocycles. The van der Waals surface area contributed by atoms with Crippen molar-refractivity contribution >= 4 is 47.3 Å². The van der Waals surface area contributed by atoms with E-state index in [4.69, 9.17) is 10.5 Å². The molecule has 0 aromatic heterocycles. The maximum absolute atomic E-state index is 13.9. The van der Waals surface area contributed by atoms with E-state index in [1.165, 1.54) is 30.8 Å². The van der Waals surface area contributed by atoms with Gasteiger partial charge >= 0.3 is 5.97 Å².